The molecule has 0 unspecified atom stereocenters. The molecule has 0 saturated carbocycles. The monoisotopic (exact) mass is 293 g/mol. The van der Waals surface area contributed by atoms with Gasteiger partial charge in [-0.1, -0.05) is 52.7 Å². The number of benzene rings is 1. The number of hydrogen-bond acceptors (Lipinski definition) is 3. The van der Waals surface area contributed by atoms with Crippen molar-refractivity contribution in [2.24, 2.45) is 5.92 Å². The quantitative estimate of drug-likeness (QED) is 0.693. The molecule has 1 aromatic carbocycles. The molecule has 0 aliphatic rings. The van der Waals surface area contributed by atoms with E-state index in [2.05, 4.69) is 39.1 Å². The largest absolute Gasteiger partial charge is 0.490 e. The summed E-state index contributed by atoms with van der Waals surface area (Å²) < 4.78 is 11.9. The van der Waals surface area contributed by atoms with Crippen LogP contribution in [0.3, 0.4) is 0 Å². The van der Waals surface area contributed by atoms with Crippen LogP contribution in [0.1, 0.15) is 53.0 Å². The molecule has 3 nitrogen and oxygen atoms in total. The van der Waals surface area contributed by atoms with Gasteiger partial charge in [0.2, 0.25) is 0 Å². The summed E-state index contributed by atoms with van der Waals surface area (Å²) in [4.78, 5) is 0. The van der Waals surface area contributed by atoms with Crippen LogP contribution in [0.15, 0.2) is 18.2 Å². The highest BCUT2D eigenvalue weighted by atomic mass is 16.5. The molecule has 0 amide bonds. The first kappa shape index (κ1) is 17.8. The standard InChI is InChI=1S/C18H31NO2/c1-6-15(7-2)13-21-18-16(12-19-14(4)5)10-9-11-17(18)20-8-3/h9-11,14-15,19H,6-8,12-13H2,1-5H3. The Labute approximate surface area is 130 Å². The van der Waals surface area contributed by atoms with Crippen molar-refractivity contribution in [3.05, 3.63) is 23.8 Å². The maximum atomic E-state index is 6.13. The highest BCUT2D eigenvalue weighted by Gasteiger charge is 2.13. The molecule has 0 heterocycles. The van der Waals surface area contributed by atoms with E-state index in [-0.39, 0.29) is 0 Å². The summed E-state index contributed by atoms with van der Waals surface area (Å²) in [6, 6.07) is 6.59. The molecule has 21 heavy (non-hydrogen) atoms. The molecular weight excluding hydrogens is 262 g/mol. The van der Waals surface area contributed by atoms with E-state index in [1.165, 1.54) is 5.56 Å². The normalized spacial score (nSPS) is 11.2. The van der Waals surface area contributed by atoms with Crippen molar-refractivity contribution in [2.75, 3.05) is 13.2 Å². The van der Waals surface area contributed by atoms with Gasteiger partial charge in [0, 0.05) is 18.2 Å². The lowest BCUT2D eigenvalue weighted by Gasteiger charge is -2.20. The van der Waals surface area contributed by atoms with Crippen LogP contribution >= 0.6 is 0 Å². The Hall–Kier alpha value is -1.22. The zero-order chi connectivity index (χ0) is 15.7. The SMILES string of the molecule is CCOc1cccc(CNC(C)C)c1OCC(CC)CC. The lowest BCUT2D eigenvalue weighted by atomic mass is 10.1. The number of hydrogen-bond donors (Lipinski definition) is 1. The molecule has 0 radical (unpaired) electrons. The molecular formula is C18H31NO2. The van der Waals surface area contributed by atoms with Crippen molar-refractivity contribution in [2.45, 2.75) is 60.0 Å². The molecule has 1 N–H and O–H groups in total. The highest BCUT2D eigenvalue weighted by molar-refractivity contribution is 5.46. The summed E-state index contributed by atoms with van der Waals surface area (Å²) in [6.07, 6.45) is 2.29. The Bertz CT molecular complexity index is 400. The molecule has 3 heteroatoms. The van der Waals surface area contributed by atoms with Crippen LogP contribution in [0.5, 0.6) is 11.5 Å². The van der Waals surface area contributed by atoms with Crippen molar-refractivity contribution in [1.82, 2.24) is 5.32 Å². The van der Waals surface area contributed by atoms with Crippen LogP contribution in [0.25, 0.3) is 0 Å². The summed E-state index contributed by atoms with van der Waals surface area (Å²) in [5.74, 6) is 2.36. The smallest absolute Gasteiger partial charge is 0.165 e. The van der Waals surface area contributed by atoms with E-state index in [4.69, 9.17) is 9.47 Å². The van der Waals surface area contributed by atoms with E-state index in [1.807, 2.05) is 19.1 Å². The maximum absolute atomic E-state index is 6.13. The van der Waals surface area contributed by atoms with Crippen LogP contribution in [0, 0.1) is 5.92 Å². The van der Waals surface area contributed by atoms with Gasteiger partial charge in [-0.15, -0.1) is 0 Å². The first-order chi connectivity index (χ1) is 10.1. The van der Waals surface area contributed by atoms with Gasteiger partial charge in [0.1, 0.15) is 0 Å². The minimum atomic E-state index is 0.452. The number of para-hydroxylation sites is 1. The van der Waals surface area contributed by atoms with Crippen LogP contribution < -0.4 is 14.8 Å². The van der Waals surface area contributed by atoms with E-state index in [9.17, 15) is 0 Å². The van der Waals surface area contributed by atoms with Gasteiger partial charge in [-0.05, 0) is 18.9 Å². The van der Waals surface area contributed by atoms with Gasteiger partial charge in [0.25, 0.3) is 0 Å². The van der Waals surface area contributed by atoms with Crippen LogP contribution in [-0.4, -0.2) is 19.3 Å². The topological polar surface area (TPSA) is 30.5 Å². The molecule has 0 fully saturated rings. The lowest BCUT2D eigenvalue weighted by Crippen LogP contribution is -2.22. The van der Waals surface area contributed by atoms with Crippen molar-refractivity contribution in [3.8, 4) is 11.5 Å². The molecule has 1 aromatic rings. The third-order valence-corrected chi connectivity index (χ3v) is 3.68. The molecule has 0 saturated heterocycles. The Balaban J connectivity index is 2.87. The lowest BCUT2D eigenvalue weighted by molar-refractivity contribution is 0.223. The summed E-state index contributed by atoms with van der Waals surface area (Å²) in [5.41, 5.74) is 1.17. The van der Waals surface area contributed by atoms with Gasteiger partial charge in [0.05, 0.1) is 13.2 Å². The maximum Gasteiger partial charge on any atom is 0.165 e. The Morgan fingerprint density at radius 2 is 1.76 bits per heavy atom. The molecule has 0 aromatic heterocycles. The van der Waals surface area contributed by atoms with Gasteiger partial charge < -0.3 is 14.8 Å². The van der Waals surface area contributed by atoms with Gasteiger partial charge in [-0.3, -0.25) is 0 Å². The average Bonchev–Trinajstić information content (AvgIpc) is 2.48. The highest BCUT2D eigenvalue weighted by Crippen LogP contribution is 2.32. The Morgan fingerprint density at radius 1 is 1.05 bits per heavy atom. The molecule has 0 bridgehead atoms. The van der Waals surface area contributed by atoms with E-state index in [1.54, 1.807) is 0 Å². The fourth-order valence-electron chi connectivity index (χ4n) is 2.17. The third kappa shape index (κ3) is 5.96. The van der Waals surface area contributed by atoms with Gasteiger partial charge >= 0.3 is 0 Å². The number of ether oxygens (including phenoxy) is 2. The van der Waals surface area contributed by atoms with Crippen molar-refractivity contribution in [1.29, 1.82) is 0 Å². The first-order valence-electron chi connectivity index (χ1n) is 8.23. The molecule has 1 rings (SSSR count). The molecule has 0 aliphatic heterocycles. The second-order valence-electron chi connectivity index (χ2n) is 5.71. The minimum Gasteiger partial charge on any atom is -0.490 e. The summed E-state index contributed by atoms with van der Waals surface area (Å²) in [5, 5.41) is 3.45. The first-order valence-corrected chi connectivity index (χ1v) is 8.23. The van der Waals surface area contributed by atoms with Crippen molar-refractivity contribution >= 4 is 0 Å². The zero-order valence-electron chi connectivity index (χ0n) is 14.2. The minimum absolute atomic E-state index is 0.452. The predicted octanol–water partition coefficient (Wildman–Crippen LogP) is 4.40. The summed E-state index contributed by atoms with van der Waals surface area (Å²) in [7, 11) is 0. The Morgan fingerprint density at radius 3 is 2.33 bits per heavy atom. The van der Waals surface area contributed by atoms with Crippen molar-refractivity contribution in [3.63, 3.8) is 0 Å². The number of rotatable bonds is 10. The molecule has 0 spiro atoms. The average molecular weight is 293 g/mol. The zero-order valence-corrected chi connectivity index (χ0v) is 14.2. The van der Waals surface area contributed by atoms with Crippen LogP contribution in [0.2, 0.25) is 0 Å². The third-order valence-electron chi connectivity index (χ3n) is 3.68. The van der Waals surface area contributed by atoms with E-state index in [0.29, 0.717) is 18.6 Å². The molecule has 0 atom stereocenters. The predicted molar refractivity (Wildman–Crippen MR) is 89.2 cm³/mol. The summed E-state index contributed by atoms with van der Waals surface area (Å²) in [6.45, 7) is 12.9. The van der Waals surface area contributed by atoms with E-state index in [0.717, 1.165) is 37.5 Å². The van der Waals surface area contributed by atoms with Gasteiger partial charge in [-0.25, -0.2) is 0 Å². The van der Waals surface area contributed by atoms with E-state index >= 15 is 0 Å². The van der Waals surface area contributed by atoms with Gasteiger partial charge in [-0.2, -0.15) is 0 Å². The van der Waals surface area contributed by atoms with Gasteiger partial charge in [0.15, 0.2) is 11.5 Å². The van der Waals surface area contributed by atoms with E-state index < -0.39 is 0 Å². The van der Waals surface area contributed by atoms with Crippen LogP contribution in [-0.2, 0) is 6.54 Å². The second-order valence-corrected chi connectivity index (χ2v) is 5.71. The van der Waals surface area contributed by atoms with Crippen molar-refractivity contribution < 1.29 is 9.47 Å². The Kier molecular flexibility index (Phi) is 8.21. The van der Waals surface area contributed by atoms with Crippen LogP contribution in [0.4, 0.5) is 0 Å². The molecule has 120 valence electrons. The second kappa shape index (κ2) is 9.67. The summed E-state index contributed by atoms with van der Waals surface area (Å²) >= 11 is 0. The fourth-order valence-corrected chi connectivity index (χ4v) is 2.17. The molecule has 0 aliphatic carbocycles. The fraction of sp³-hybridized carbons (Fsp3) is 0.667. The number of nitrogens with one attached hydrogen (secondary N) is 1.